The lowest BCUT2D eigenvalue weighted by Crippen LogP contribution is -2.32. The van der Waals surface area contributed by atoms with Crippen molar-refractivity contribution in [3.63, 3.8) is 0 Å². The van der Waals surface area contributed by atoms with Crippen molar-refractivity contribution in [1.82, 2.24) is 10.4 Å². The Morgan fingerprint density at radius 1 is 1.20 bits per heavy atom. The Bertz CT molecular complexity index is 208. The molecule has 0 amide bonds. The first-order chi connectivity index (χ1) is 6.92. The van der Waals surface area contributed by atoms with E-state index in [-0.39, 0.29) is 5.66 Å². The van der Waals surface area contributed by atoms with Gasteiger partial charge in [0.2, 0.25) is 0 Å². The minimum Gasteiger partial charge on any atom is -0.318 e. The Morgan fingerprint density at radius 2 is 1.80 bits per heavy atom. The highest BCUT2D eigenvalue weighted by Crippen LogP contribution is 2.46. The van der Waals surface area contributed by atoms with Gasteiger partial charge in [-0.05, 0) is 6.92 Å². The zero-order valence-electron chi connectivity index (χ0n) is 10.5. The van der Waals surface area contributed by atoms with Gasteiger partial charge in [0.1, 0.15) is 0 Å². The molecule has 0 radical (unpaired) electrons. The smallest absolute Gasteiger partial charge is 0.272 e. The number of nitrogens with one attached hydrogen (secondary N) is 2. The van der Waals surface area contributed by atoms with E-state index >= 15 is 0 Å². The first kappa shape index (κ1) is 15.1. The van der Waals surface area contributed by atoms with Crippen LogP contribution in [0.1, 0.15) is 34.6 Å². The fraction of sp³-hybridized carbons (Fsp3) is 1.00. The van der Waals surface area contributed by atoms with E-state index in [0.29, 0.717) is 19.2 Å². The molecule has 2 N–H and O–H groups in total. The maximum absolute atomic E-state index is 12.2. The zero-order chi connectivity index (χ0) is 11.9. The van der Waals surface area contributed by atoms with Gasteiger partial charge >= 0.3 is 0 Å². The Kier molecular flexibility index (Phi) is 7.45. The van der Waals surface area contributed by atoms with Gasteiger partial charge in [-0.25, -0.2) is 5.09 Å². The fourth-order valence-corrected chi connectivity index (χ4v) is 2.70. The molecule has 0 spiro atoms. The lowest BCUT2D eigenvalue weighted by Gasteiger charge is -2.22. The summed E-state index contributed by atoms with van der Waals surface area (Å²) >= 11 is 0. The molecule has 0 aliphatic carbocycles. The van der Waals surface area contributed by atoms with Crippen LogP contribution in [0.25, 0.3) is 0 Å². The third-order valence-electron chi connectivity index (χ3n) is 2.01. The number of hydrogen-bond acceptors (Lipinski definition) is 3. The molecule has 1 atom stereocenters. The summed E-state index contributed by atoms with van der Waals surface area (Å²) in [6, 6.07) is 0.456. The molecular formula is C10H25N2O2P. The van der Waals surface area contributed by atoms with Gasteiger partial charge < -0.3 is 9.84 Å². The van der Waals surface area contributed by atoms with Crippen molar-refractivity contribution in [1.29, 1.82) is 0 Å². The maximum atomic E-state index is 12.2. The molecule has 0 aliphatic heterocycles. The summed E-state index contributed by atoms with van der Waals surface area (Å²) in [5.41, 5.74) is 0.0245. The van der Waals surface area contributed by atoms with E-state index in [9.17, 15) is 4.57 Å². The van der Waals surface area contributed by atoms with Crippen molar-refractivity contribution in [3.05, 3.63) is 0 Å². The van der Waals surface area contributed by atoms with Crippen LogP contribution < -0.4 is 10.4 Å². The largest absolute Gasteiger partial charge is 0.318 e. The second-order valence-electron chi connectivity index (χ2n) is 4.13. The molecule has 92 valence electrons. The third kappa shape index (κ3) is 6.31. The molecule has 0 aromatic heterocycles. The standard InChI is InChI=1S/C10H25N2O2P/c1-6-14-15(13,10(4)5)12-8-7-11-9(2)3/h9-11H,6-8H2,1-5H3,(H,12,13). The minimum atomic E-state index is -2.64. The van der Waals surface area contributed by atoms with Crippen LogP contribution in [0, 0.1) is 0 Å². The first-order valence-electron chi connectivity index (χ1n) is 5.65. The molecule has 1 unspecified atom stereocenters. The van der Waals surface area contributed by atoms with Crippen molar-refractivity contribution in [2.45, 2.75) is 46.3 Å². The molecule has 5 heteroatoms. The summed E-state index contributed by atoms with van der Waals surface area (Å²) in [6.07, 6.45) is 0. The number of hydrogen-bond donors (Lipinski definition) is 2. The van der Waals surface area contributed by atoms with Crippen molar-refractivity contribution in [2.75, 3.05) is 19.7 Å². The summed E-state index contributed by atoms with van der Waals surface area (Å²) < 4.78 is 17.5. The van der Waals surface area contributed by atoms with Gasteiger partial charge in [0.05, 0.1) is 6.61 Å². The predicted molar refractivity (Wildman–Crippen MR) is 65.5 cm³/mol. The molecular weight excluding hydrogens is 211 g/mol. The average molecular weight is 236 g/mol. The maximum Gasteiger partial charge on any atom is 0.272 e. The zero-order valence-corrected chi connectivity index (χ0v) is 11.4. The molecule has 0 aliphatic rings. The molecule has 0 aromatic carbocycles. The summed E-state index contributed by atoms with van der Waals surface area (Å²) in [6.45, 7) is 11.8. The molecule has 0 saturated heterocycles. The molecule has 4 nitrogen and oxygen atoms in total. The van der Waals surface area contributed by atoms with Crippen LogP contribution in [-0.4, -0.2) is 31.4 Å². The van der Waals surface area contributed by atoms with Crippen molar-refractivity contribution >= 4 is 7.52 Å². The van der Waals surface area contributed by atoms with E-state index in [1.807, 2.05) is 20.8 Å². The van der Waals surface area contributed by atoms with Gasteiger partial charge in [-0.2, -0.15) is 0 Å². The Hall–Kier alpha value is 0.110. The van der Waals surface area contributed by atoms with Gasteiger partial charge in [0, 0.05) is 24.8 Å². The molecule has 0 heterocycles. The summed E-state index contributed by atoms with van der Waals surface area (Å²) in [4.78, 5) is 0. The second-order valence-corrected chi connectivity index (χ2v) is 6.93. The van der Waals surface area contributed by atoms with Crippen LogP contribution in [0.4, 0.5) is 0 Å². The Balaban J connectivity index is 3.92. The summed E-state index contributed by atoms with van der Waals surface area (Å²) in [5.74, 6) is 0. The van der Waals surface area contributed by atoms with E-state index in [0.717, 1.165) is 6.54 Å². The molecule has 15 heavy (non-hydrogen) atoms. The van der Waals surface area contributed by atoms with Crippen LogP contribution in [-0.2, 0) is 9.09 Å². The van der Waals surface area contributed by atoms with E-state index in [2.05, 4.69) is 24.3 Å². The molecule has 0 bridgehead atoms. The lowest BCUT2D eigenvalue weighted by atomic mass is 10.4. The third-order valence-corrected chi connectivity index (χ3v) is 4.68. The van der Waals surface area contributed by atoms with Gasteiger partial charge in [-0.3, -0.25) is 4.57 Å². The number of rotatable bonds is 8. The van der Waals surface area contributed by atoms with Gasteiger partial charge in [-0.1, -0.05) is 27.7 Å². The van der Waals surface area contributed by atoms with Crippen molar-refractivity contribution in [2.24, 2.45) is 0 Å². The van der Waals surface area contributed by atoms with E-state index in [4.69, 9.17) is 4.52 Å². The van der Waals surface area contributed by atoms with Crippen LogP contribution in [0.5, 0.6) is 0 Å². The highest BCUT2D eigenvalue weighted by Gasteiger charge is 2.26. The van der Waals surface area contributed by atoms with Crippen LogP contribution in [0.15, 0.2) is 0 Å². The van der Waals surface area contributed by atoms with Crippen LogP contribution in [0.3, 0.4) is 0 Å². The van der Waals surface area contributed by atoms with E-state index < -0.39 is 7.52 Å². The highest BCUT2D eigenvalue weighted by atomic mass is 31.2. The predicted octanol–water partition coefficient (Wildman–Crippen LogP) is 2.21. The highest BCUT2D eigenvalue weighted by molar-refractivity contribution is 7.57. The molecule has 0 fully saturated rings. The van der Waals surface area contributed by atoms with Crippen LogP contribution >= 0.6 is 7.52 Å². The average Bonchev–Trinajstić information content (AvgIpc) is 2.12. The van der Waals surface area contributed by atoms with Crippen molar-refractivity contribution < 1.29 is 9.09 Å². The fourth-order valence-electron chi connectivity index (χ4n) is 1.14. The Labute approximate surface area is 93.7 Å². The molecule has 0 aromatic rings. The Morgan fingerprint density at radius 3 is 2.20 bits per heavy atom. The summed E-state index contributed by atoms with van der Waals surface area (Å²) in [7, 11) is -2.64. The molecule has 0 rings (SSSR count). The lowest BCUT2D eigenvalue weighted by molar-refractivity contribution is 0.318. The SMILES string of the molecule is CCOP(=O)(NCCNC(C)C)C(C)C. The van der Waals surface area contributed by atoms with E-state index in [1.54, 1.807) is 0 Å². The van der Waals surface area contributed by atoms with Crippen LogP contribution in [0.2, 0.25) is 0 Å². The first-order valence-corrected chi connectivity index (χ1v) is 7.34. The van der Waals surface area contributed by atoms with E-state index in [1.165, 1.54) is 0 Å². The normalized spacial score (nSPS) is 15.9. The van der Waals surface area contributed by atoms with Gasteiger partial charge in [0.25, 0.3) is 7.52 Å². The minimum absolute atomic E-state index is 0.0245. The monoisotopic (exact) mass is 236 g/mol. The summed E-state index contributed by atoms with van der Waals surface area (Å²) in [5, 5.41) is 6.28. The topological polar surface area (TPSA) is 50.4 Å². The van der Waals surface area contributed by atoms with Gasteiger partial charge in [0.15, 0.2) is 0 Å². The second kappa shape index (κ2) is 7.39. The van der Waals surface area contributed by atoms with Gasteiger partial charge in [-0.15, -0.1) is 0 Å². The molecule has 0 saturated carbocycles. The quantitative estimate of drug-likeness (QED) is 0.501. The van der Waals surface area contributed by atoms with Crippen molar-refractivity contribution in [3.8, 4) is 0 Å².